The predicted molar refractivity (Wildman–Crippen MR) is 78.2 cm³/mol. The molecule has 1 amide bonds. The smallest absolute Gasteiger partial charge is 0.292 e. The molecule has 122 valence electrons. The Morgan fingerprint density at radius 2 is 2.30 bits per heavy atom. The Balaban J connectivity index is 1.46. The molecule has 0 radical (unpaired) electrons. The van der Waals surface area contributed by atoms with Gasteiger partial charge >= 0.3 is 0 Å². The van der Waals surface area contributed by atoms with Crippen molar-refractivity contribution in [2.45, 2.75) is 44.3 Å². The molecule has 0 spiro atoms. The third-order valence-electron chi connectivity index (χ3n) is 4.38. The van der Waals surface area contributed by atoms with Crippen molar-refractivity contribution in [3.8, 4) is 0 Å². The van der Waals surface area contributed by atoms with E-state index in [0.717, 1.165) is 44.5 Å². The van der Waals surface area contributed by atoms with E-state index in [9.17, 15) is 4.79 Å². The molecular weight excluding hydrogens is 298 g/mol. The summed E-state index contributed by atoms with van der Waals surface area (Å²) >= 11 is 0. The van der Waals surface area contributed by atoms with Gasteiger partial charge in [-0.2, -0.15) is 4.98 Å². The number of aryl methyl sites for hydroxylation is 1. The highest BCUT2D eigenvalue weighted by atomic mass is 16.5. The van der Waals surface area contributed by atoms with Crippen LogP contribution in [0.5, 0.6) is 0 Å². The number of carbonyl (C=O) groups excluding carboxylic acids is 1. The van der Waals surface area contributed by atoms with E-state index < -0.39 is 0 Å². The van der Waals surface area contributed by atoms with Crippen LogP contribution in [0.25, 0.3) is 0 Å². The summed E-state index contributed by atoms with van der Waals surface area (Å²) in [6.45, 7) is 1.67. The Hall–Kier alpha value is -2.29. The SMILES string of the molecule is Cn1nncc1CN1CCCC1c1nc(C(=O)NC2CC2)no1. The number of likely N-dealkylation sites (tertiary alicyclic amines) is 1. The van der Waals surface area contributed by atoms with Crippen LogP contribution in [0.1, 0.15) is 53.9 Å². The van der Waals surface area contributed by atoms with Gasteiger partial charge in [0.2, 0.25) is 5.89 Å². The average molecular weight is 317 g/mol. The molecule has 2 fully saturated rings. The van der Waals surface area contributed by atoms with Gasteiger partial charge in [-0.3, -0.25) is 14.4 Å². The number of nitrogens with one attached hydrogen (secondary N) is 1. The monoisotopic (exact) mass is 317 g/mol. The van der Waals surface area contributed by atoms with Crippen molar-refractivity contribution in [2.75, 3.05) is 6.54 Å². The van der Waals surface area contributed by atoms with E-state index in [1.165, 1.54) is 0 Å². The minimum atomic E-state index is -0.247. The molecule has 1 unspecified atom stereocenters. The Kier molecular flexibility index (Phi) is 3.56. The fourth-order valence-corrected chi connectivity index (χ4v) is 2.90. The molecule has 1 atom stereocenters. The van der Waals surface area contributed by atoms with Crippen LogP contribution < -0.4 is 5.32 Å². The lowest BCUT2D eigenvalue weighted by Crippen LogP contribution is -2.27. The van der Waals surface area contributed by atoms with Crippen molar-refractivity contribution in [3.05, 3.63) is 23.6 Å². The summed E-state index contributed by atoms with van der Waals surface area (Å²) < 4.78 is 7.11. The normalized spacial score (nSPS) is 21.7. The summed E-state index contributed by atoms with van der Waals surface area (Å²) in [7, 11) is 1.88. The topological polar surface area (TPSA) is 102 Å². The molecule has 1 saturated carbocycles. The van der Waals surface area contributed by atoms with Crippen LogP contribution in [-0.2, 0) is 13.6 Å². The second kappa shape index (κ2) is 5.73. The molecule has 1 N–H and O–H groups in total. The quantitative estimate of drug-likeness (QED) is 0.853. The molecule has 2 aromatic rings. The molecule has 0 aromatic carbocycles. The molecule has 9 nitrogen and oxygen atoms in total. The van der Waals surface area contributed by atoms with Gasteiger partial charge < -0.3 is 9.84 Å². The third kappa shape index (κ3) is 2.96. The van der Waals surface area contributed by atoms with Crippen LogP contribution >= 0.6 is 0 Å². The molecule has 0 bridgehead atoms. The van der Waals surface area contributed by atoms with Gasteiger partial charge in [-0.15, -0.1) is 5.10 Å². The number of hydrogen-bond acceptors (Lipinski definition) is 7. The highest BCUT2D eigenvalue weighted by Gasteiger charge is 2.33. The number of amides is 1. The highest BCUT2D eigenvalue weighted by molar-refractivity contribution is 5.90. The Bertz CT molecular complexity index is 706. The number of aromatic nitrogens is 5. The van der Waals surface area contributed by atoms with E-state index in [0.29, 0.717) is 5.89 Å². The minimum absolute atomic E-state index is 0.0416. The first-order valence-electron chi connectivity index (χ1n) is 7.93. The maximum absolute atomic E-state index is 12.0. The zero-order chi connectivity index (χ0) is 15.8. The lowest BCUT2D eigenvalue weighted by Gasteiger charge is -2.20. The van der Waals surface area contributed by atoms with Crippen molar-refractivity contribution in [2.24, 2.45) is 7.05 Å². The number of hydrogen-bond donors (Lipinski definition) is 1. The number of rotatable bonds is 5. The summed E-state index contributed by atoms with van der Waals surface area (Å²) in [5, 5.41) is 14.6. The Labute approximate surface area is 133 Å². The molecule has 3 heterocycles. The van der Waals surface area contributed by atoms with E-state index in [1.807, 2.05) is 7.05 Å². The van der Waals surface area contributed by atoms with Gasteiger partial charge in [-0.05, 0) is 32.2 Å². The maximum atomic E-state index is 12.0. The zero-order valence-corrected chi connectivity index (χ0v) is 13.0. The van der Waals surface area contributed by atoms with Gasteiger partial charge in [-0.25, -0.2) is 0 Å². The summed E-state index contributed by atoms with van der Waals surface area (Å²) in [5.41, 5.74) is 1.03. The summed E-state index contributed by atoms with van der Waals surface area (Å²) in [6.07, 6.45) is 5.83. The maximum Gasteiger partial charge on any atom is 0.292 e. The lowest BCUT2D eigenvalue weighted by atomic mass is 10.2. The van der Waals surface area contributed by atoms with E-state index in [4.69, 9.17) is 4.52 Å². The van der Waals surface area contributed by atoms with Gasteiger partial charge in [0.1, 0.15) is 0 Å². The first-order chi connectivity index (χ1) is 11.2. The van der Waals surface area contributed by atoms with E-state index >= 15 is 0 Å². The fourth-order valence-electron chi connectivity index (χ4n) is 2.90. The third-order valence-corrected chi connectivity index (χ3v) is 4.38. The largest absolute Gasteiger partial charge is 0.346 e. The first-order valence-corrected chi connectivity index (χ1v) is 7.93. The van der Waals surface area contributed by atoms with Crippen molar-refractivity contribution in [3.63, 3.8) is 0 Å². The first kappa shape index (κ1) is 14.3. The van der Waals surface area contributed by atoms with Crippen molar-refractivity contribution in [1.29, 1.82) is 0 Å². The highest BCUT2D eigenvalue weighted by Crippen LogP contribution is 2.32. The Morgan fingerprint density at radius 1 is 1.43 bits per heavy atom. The van der Waals surface area contributed by atoms with E-state index in [-0.39, 0.29) is 23.8 Å². The van der Waals surface area contributed by atoms with Crippen molar-refractivity contribution >= 4 is 5.91 Å². The molecule has 4 rings (SSSR count). The lowest BCUT2D eigenvalue weighted by molar-refractivity contribution is 0.0937. The van der Waals surface area contributed by atoms with Gasteiger partial charge in [0.05, 0.1) is 17.9 Å². The summed E-state index contributed by atoms with van der Waals surface area (Å²) in [5.74, 6) is 0.391. The second-order valence-electron chi connectivity index (χ2n) is 6.18. The fraction of sp³-hybridized carbons (Fsp3) is 0.643. The molecule has 2 aromatic heterocycles. The number of nitrogens with zero attached hydrogens (tertiary/aromatic N) is 6. The molecular formula is C14H19N7O2. The van der Waals surface area contributed by atoms with Crippen molar-refractivity contribution in [1.82, 2.24) is 35.4 Å². The van der Waals surface area contributed by atoms with Crippen molar-refractivity contribution < 1.29 is 9.32 Å². The van der Waals surface area contributed by atoms with Gasteiger partial charge in [-0.1, -0.05) is 10.4 Å². The van der Waals surface area contributed by atoms with Crippen LogP contribution in [-0.4, -0.2) is 48.5 Å². The van der Waals surface area contributed by atoms with Crippen LogP contribution in [0.15, 0.2) is 10.7 Å². The molecule has 1 aliphatic carbocycles. The van der Waals surface area contributed by atoms with Crippen LogP contribution in [0.3, 0.4) is 0 Å². The predicted octanol–water partition coefficient (Wildman–Crippen LogP) is 0.427. The van der Waals surface area contributed by atoms with E-state index in [2.05, 4.69) is 30.7 Å². The number of carbonyl (C=O) groups is 1. The van der Waals surface area contributed by atoms with Gasteiger partial charge in [0.25, 0.3) is 11.7 Å². The summed E-state index contributed by atoms with van der Waals surface area (Å²) in [4.78, 5) is 18.5. The standard InChI is InChI=1S/C14H19N7O2/c1-20-10(7-15-19-20)8-21-6-2-3-11(21)14-17-12(18-23-14)13(22)16-9-4-5-9/h7,9,11H,2-6,8H2,1H3,(H,16,22). The zero-order valence-electron chi connectivity index (χ0n) is 13.0. The van der Waals surface area contributed by atoms with Gasteiger partial charge in [0, 0.05) is 19.6 Å². The van der Waals surface area contributed by atoms with Gasteiger partial charge in [0.15, 0.2) is 0 Å². The van der Waals surface area contributed by atoms with Crippen LogP contribution in [0.4, 0.5) is 0 Å². The molecule has 9 heteroatoms. The molecule has 2 aliphatic rings. The Morgan fingerprint density at radius 3 is 3.04 bits per heavy atom. The molecule has 23 heavy (non-hydrogen) atoms. The van der Waals surface area contributed by atoms with E-state index in [1.54, 1.807) is 10.9 Å². The van der Waals surface area contributed by atoms with Crippen LogP contribution in [0.2, 0.25) is 0 Å². The summed E-state index contributed by atoms with van der Waals surface area (Å²) in [6, 6.07) is 0.324. The minimum Gasteiger partial charge on any atom is -0.346 e. The average Bonchev–Trinajstić information content (AvgIpc) is 2.96. The molecule has 1 saturated heterocycles. The molecule has 1 aliphatic heterocycles. The second-order valence-corrected chi connectivity index (χ2v) is 6.18. The van der Waals surface area contributed by atoms with Crippen LogP contribution in [0, 0.1) is 0 Å².